The summed E-state index contributed by atoms with van der Waals surface area (Å²) in [7, 11) is 0. The maximum Gasteiger partial charge on any atom is 0.242 e. The highest BCUT2D eigenvalue weighted by atomic mass is 127. The van der Waals surface area contributed by atoms with Crippen molar-refractivity contribution in [3.8, 4) is 0 Å². The number of hydrogen-bond acceptors (Lipinski definition) is 2. The molecule has 3 N–H and O–H groups in total. The molecule has 0 bridgehead atoms. The Morgan fingerprint density at radius 2 is 1.50 bits per heavy atom. The lowest BCUT2D eigenvalue weighted by Gasteiger charge is -2.22. The van der Waals surface area contributed by atoms with Crippen LogP contribution in [0.4, 0.5) is 0 Å². The van der Waals surface area contributed by atoms with Gasteiger partial charge < -0.3 is 16.0 Å². The van der Waals surface area contributed by atoms with Crippen LogP contribution in [-0.4, -0.2) is 37.0 Å². The third kappa shape index (κ3) is 7.15. The molecule has 0 aromatic heterocycles. The lowest BCUT2D eigenvalue weighted by molar-refractivity contribution is -0.120. The third-order valence-corrected chi connectivity index (χ3v) is 4.39. The van der Waals surface area contributed by atoms with Crippen LogP contribution in [-0.2, 0) is 4.79 Å². The van der Waals surface area contributed by atoms with E-state index < -0.39 is 0 Å². The summed E-state index contributed by atoms with van der Waals surface area (Å²) in [6, 6.07) is 0.885. The number of nitrogens with zero attached hydrogens (tertiary/aromatic N) is 1. The smallest absolute Gasteiger partial charge is 0.242 e. The van der Waals surface area contributed by atoms with Gasteiger partial charge in [0.25, 0.3) is 0 Å². The first-order valence-corrected chi connectivity index (χ1v) is 8.62. The lowest BCUT2D eigenvalue weighted by Crippen LogP contribution is -2.43. The van der Waals surface area contributed by atoms with Gasteiger partial charge in [0.1, 0.15) is 6.54 Å². The number of carbonyl (C=O) groups excluding carboxylic acids is 1. The van der Waals surface area contributed by atoms with Gasteiger partial charge >= 0.3 is 0 Å². The molecule has 0 unspecified atom stereocenters. The van der Waals surface area contributed by atoms with Gasteiger partial charge in [0, 0.05) is 18.6 Å². The second-order valence-electron chi connectivity index (χ2n) is 6.22. The van der Waals surface area contributed by atoms with Gasteiger partial charge in [0.05, 0.1) is 0 Å². The minimum absolute atomic E-state index is 0. The highest BCUT2D eigenvalue weighted by Crippen LogP contribution is 2.18. The van der Waals surface area contributed by atoms with Gasteiger partial charge in [0.2, 0.25) is 5.91 Å². The second-order valence-corrected chi connectivity index (χ2v) is 6.22. The van der Waals surface area contributed by atoms with Crippen molar-refractivity contribution in [2.75, 3.05) is 13.1 Å². The summed E-state index contributed by atoms with van der Waals surface area (Å²) in [5.74, 6) is 0.828. The Morgan fingerprint density at radius 3 is 2.09 bits per heavy atom. The van der Waals surface area contributed by atoms with Crippen LogP contribution in [0.1, 0.15) is 64.7 Å². The molecule has 0 aliphatic heterocycles. The van der Waals surface area contributed by atoms with E-state index in [-0.39, 0.29) is 36.4 Å². The van der Waals surface area contributed by atoms with Crippen LogP contribution in [0.3, 0.4) is 0 Å². The molecule has 0 atom stereocenters. The SMILES string of the molecule is CCNC(=NCC(=O)NC1CCCCC1)NC1CCCC1.I. The van der Waals surface area contributed by atoms with Crippen molar-refractivity contribution >= 4 is 35.8 Å². The van der Waals surface area contributed by atoms with Crippen LogP contribution >= 0.6 is 24.0 Å². The lowest BCUT2D eigenvalue weighted by atomic mass is 9.95. The van der Waals surface area contributed by atoms with Crippen LogP contribution in [0.25, 0.3) is 0 Å². The van der Waals surface area contributed by atoms with Crippen LogP contribution < -0.4 is 16.0 Å². The van der Waals surface area contributed by atoms with E-state index in [2.05, 4.69) is 20.9 Å². The molecule has 22 heavy (non-hydrogen) atoms. The molecule has 2 rings (SSSR count). The number of guanidine groups is 1. The molecule has 6 heteroatoms. The predicted molar refractivity (Wildman–Crippen MR) is 102 cm³/mol. The summed E-state index contributed by atoms with van der Waals surface area (Å²) in [4.78, 5) is 16.4. The monoisotopic (exact) mass is 422 g/mol. The summed E-state index contributed by atoms with van der Waals surface area (Å²) in [5.41, 5.74) is 0. The normalized spacial score (nSPS) is 20.3. The van der Waals surface area contributed by atoms with Crippen molar-refractivity contribution < 1.29 is 4.79 Å². The molecule has 2 aliphatic rings. The first kappa shape index (κ1) is 19.5. The van der Waals surface area contributed by atoms with Gasteiger partial charge in [-0.1, -0.05) is 32.1 Å². The minimum atomic E-state index is 0. The highest BCUT2D eigenvalue weighted by molar-refractivity contribution is 14.0. The van der Waals surface area contributed by atoms with Crippen molar-refractivity contribution in [1.82, 2.24) is 16.0 Å². The van der Waals surface area contributed by atoms with E-state index >= 15 is 0 Å². The molecular weight excluding hydrogens is 391 g/mol. The van der Waals surface area contributed by atoms with Crippen molar-refractivity contribution in [1.29, 1.82) is 0 Å². The zero-order valence-corrected chi connectivity index (χ0v) is 16.0. The Morgan fingerprint density at radius 1 is 0.955 bits per heavy atom. The predicted octanol–water partition coefficient (Wildman–Crippen LogP) is 2.55. The Kier molecular flexibility index (Phi) is 9.82. The van der Waals surface area contributed by atoms with Gasteiger partial charge in [-0.05, 0) is 32.6 Å². The Bertz CT molecular complexity index is 350. The zero-order chi connectivity index (χ0) is 14.9. The fraction of sp³-hybridized carbons (Fsp3) is 0.875. The molecule has 5 nitrogen and oxygen atoms in total. The van der Waals surface area contributed by atoms with E-state index in [0.717, 1.165) is 25.3 Å². The zero-order valence-electron chi connectivity index (χ0n) is 13.7. The molecule has 2 aliphatic carbocycles. The molecule has 0 saturated heterocycles. The number of carbonyl (C=O) groups is 1. The molecule has 1 amide bonds. The molecule has 0 spiro atoms. The van der Waals surface area contributed by atoms with E-state index in [9.17, 15) is 4.79 Å². The average Bonchev–Trinajstić information content (AvgIpc) is 2.99. The maximum absolute atomic E-state index is 12.0. The van der Waals surface area contributed by atoms with Gasteiger partial charge in [-0.3, -0.25) is 4.79 Å². The first-order valence-electron chi connectivity index (χ1n) is 8.62. The van der Waals surface area contributed by atoms with Crippen molar-refractivity contribution in [2.24, 2.45) is 4.99 Å². The number of nitrogens with one attached hydrogen (secondary N) is 3. The van der Waals surface area contributed by atoms with E-state index in [1.807, 2.05) is 6.92 Å². The molecule has 0 aromatic rings. The molecule has 0 aromatic carbocycles. The fourth-order valence-corrected chi connectivity index (χ4v) is 3.25. The van der Waals surface area contributed by atoms with Crippen LogP contribution in [0.5, 0.6) is 0 Å². The molecule has 128 valence electrons. The standard InChI is InChI=1S/C16H30N4O.HI/c1-2-17-16(20-14-10-6-7-11-14)18-12-15(21)19-13-8-4-3-5-9-13;/h13-14H,2-12H2,1H3,(H,19,21)(H2,17,18,20);1H. The summed E-state index contributed by atoms with van der Waals surface area (Å²) in [6.45, 7) is 3.09. The number of hydrogen-bond donors (Lipinski definition) is 3. The number of halogens is 1. The number of amides is 1. The largest absolute Gasteiger partial charge is 0.357 e. The quantitative estimate of drug-likeness (QED) is 0.363. The summed E-state index contributed by atoms with van der Waals surface area (Å²) in [5, 5.41) is 9.77. The van der Waals surface area contributed by atoms with Gasteiger partial charge in [0.15, 0.2) is 5.96 Å². The highest BCUT2D eigenvalue weighted by Gasteiger charge is 2.17. The summed E-state index contributed by atoms with van der Waals surface area (Å²) in [6.07, 6.45) is 11.0. The molecule has 2 fully saturated rings. The topological polar surface area (TPSA) is 65.5 Å². The number of aliphatic imine (C=N–C) groups is 1. The van der Waals surface area contributed by atoms with Gasteiger partial charge in [-0.25, -0.2) is 4.99 Å². The molecule has 2 saturated carbocycles. The molecule has 0 heterocycles. The molecular formula is C16H31IN4O. The second kappa shape index (κ2) is 11.1. The van der Waals surface area contributed by atoms with E-state index in [1.54, 1.807) is 0 Å². The average molecular weight is 422 g/mol. The van der Waals surface area contributed by atoms with Crippen LogP contribution in [0.2, 0.25) is 0 Å². The Labute approximate surface area is 151 Å². The van der Waals surface area contributed by atoms with Crippen molar-refractivity contribution in [2.45, 2.75) is 76.8 Å². The fourth-order valence-electron chi connectivity index (χ4n) is 3.25. The Hall–Kier alpha value is -0.530. The number of rotatable bonds is 5. The maximum atomic E-state index is 12.0. The van der Waals surface area contributed by atoms with E-state index in [4.69, 9.17) is 0 Å². The van der Waals surface area contributed by atoms with Crippen molar-refractivity contribution in [3.05, 3.63) is 0 Å². The summed E-state index contributed by atoms with van der Waals surface area (Å²) < 4.78 is 0. The van der Waals surface area contributed by atoms with Gasteiger partial charge in [-0.2, -0.15) is 0 Å². The summed E-state index contributed by atoms with van der Waals surface area (Å²) >= 11 is 0. The van der Waals surface area contributed by atoms with Crippen LogP contribution in [0, 0.1) is 0 Å². The Balaban J connectivity index is 0.00000242. The third-order valence-electron chi connectivity index (χ3n) is 4.39. The van der Waals surface area contributed by atoms with Gasteiger partial charge in [-0.15, -0.1) is 24.0 Å². The first-order chi connectivity index (χ1) is 10.3. The van der Waals surface area contributed by atoms with Crippen LogP contribution in [0.15, 0.2) is 4.99 Å². The minimum Gasteiger partial charge on any atom is -0.357 e. The van der Waals surface area contributed by atoms with Crippen molar-refractivity contribution in [3.63, 3.8) is 0 Å². The molecule has 0 radical (unpaired) electrons. The van der Waals surface area contributed by atoms with E-state index in [1.165, 1.54) is 44.9 Å². The van der Waals surface area contributed by atoms with E-state index in [0.29, 0.717) is 12.1 Å².